The molecule has 0 aliphatic carbocycles. The average Bonchev–Trinajstić information content (AvgIpc) is 3.26. The Kier molecular flexibility index (Phi) is 9.44. The van der Waals surface area contributed by atoms with E-state index < -0.39 is 0 Å². The minimum Gasteiger partial charge on any atom is -0.369 e. The van der Waals surface area contributed by atoms with Gasteiger partial charge in [-0.3, -0.25) is 9.89 Å². The predicted octanol–water partition coefficient (Wildman–Crippen LogP) is 3.02. The fourth-order valence-corrected chi connectivity index (χ4v) is 4.47. The van der Waals surface area contributed by atoms with Crippen molar-refractivity contribution in [3.05, 3.63) is 46.4 Å². The lowest BCUT2D eigenvalue weighted by atomic mass is 10.2. The fourth-order valence-electron chi connectivity index (χ4n) is 3.61. The number of rotatable bonds is 10. The lowest BCUT2D eigenvalue weighted by molar-refractivity contribution is 0.256. The first-order chi connectivity index (χ1) is 14.8. The molecule has 3 rings (SSSR count). The van der Waals surface area contributed by atoms with Gasteiger partial charge < -0.3 is 15.5 Å². The summed E-state index contributed by atoms with van der Waals surface area (Å²) in [5.74, 6) is 0.915. The molecule has 0 amide bonds. The molecule has 0 saturated carbocycles. The second-order valence-corrected chi connectivity index (χ2v) is 8.73. The van der Waals surface area contributed by atoms with Crippen LogP contribution in [0.5, 0.6) is 0 Å². The maximum Gasteiger partial charge on any atom is 0.191 e. The summed E-state index contributed by atoms with van der Waals surface area (Å²) in [5.41, 5.74) is 1.34. The zero-order valence-corrected chi connectivity index (χ0v) is 19.3. The van der Waals surface area contributed by atoms with Crippen molar-refractivity contribution in [2.45, 2.75) is 33.1 Å². The number of hydrogen-bond donors (Lipinski definition) is 2. The lowest BCUT2D eigenvalue weighted by Crippen LogP contribution is -2.46. The molecule has 6 nitrogen and oxygen atoms in total. The van der Waals surface area contributed by atoms with Crippen molar-refractivity contribution in [2.24, 2.45) is 4.99 Å². The van der Waals surface area contributed by atoms with Crippen LogP contribution in [0.4, 0.5) is 5.69 Å². The molecule has 0 unspecified atom stereocenters. The van der Waals surface area contributed by atoms with E-state index in [1.807, 2.05) is 17.5 Å². The van der Waals surface area contributed by atoms with Gasteiger partial charge in [0, 0.05) is 75.5 Å². The first kappa shape index (κ1) is 22.6. The number of benzene rings is 1. The van der Waals surface area contributed by atoms with Gasteiger partial charge in [0.25, 0.3) is 0 Å². The molecule has 1 fully saturated rings. The molecule has 2 aromatic rings. The number of piperazine rings is 1. The summed E-state index contributed by atoms with van der Waals surface area (Å²) in [6.45, 7) is 12.5. The lowest BCUT2D eigenvalue weighted by Gasteiger charge is -2.36. The quantitative estimate of drug-likeness (QED) is 0.346. The Hall–Kier alpha value is -2.12. The first-order valence-corrected chi connectivity index (χ1v) is 12.1. The Morgan fingerprint density at radius 1 is 1.10 bits per heavy atom. The number of aryl methyl sites for hydroxylation is 1. The van der Waals surface area contributed by atoms with Crippen LogP contribution < -0.4 is 15.5 Å². The Labute approximate surface area is 185 Å². The Bertz CT molecular complexity index is 752. The molecule has 1 saturated heterocycles. The van der Waals surface area contributed by atoms with Gasteiger partial charge in [0.15, 0.2) is 5.96 Å². The molecule has 2 heterocycles. The van der Waals surface area contributed by atoms with Gasteiger partial charge >= 0.3 is 0 Å². The summed E-state index contributed by atoms with van der Waals surface area (Å²) >= 11 is 1.81. The summed E-state index contributed by atoms with van der Waals surface area (Å²) in [6, 6.07) is 10.7. The summed E-state index contributed by atoms with van der Waals surface area (Å²) in [7, 11) is 0. The van der Waals surface area contributed by atoms with Crippen LogP contribution in [0.1, 0.15) is 30.2 Å². The number of aliphatic imine (C=N–C) groups is 1. The molecule has 1 aliphatic rings. The van der Waals surface area contributed by atoms with Gasteiger partial charge in [-0.2, -0.15) is 0 Å². The molecule has 30 heavy (non-hydrogen) atoms. The van der Waals surface area contributed by atoms with Gasteiger partial charge in [-0.25, -0.2) is 4.98 Å². The highest BCUT2D eigenvalue weighted by Gasteiger charge is 2.16. The standard InChI is InChI=1S/C23H36N6S/c1-3-21-19-27-22(30-21)11-13-26-23(24-4-2)25-12-8-14-28-15-17-29(18-16-28)20-9-6-5-7-10-20/h5-7,9-10,19H,3-4,8,11-18H2,1-2H3,(H2,24,25,26). The van der Waals surface area contributed by atoms with Crippen LogP contribution in [0.2, 0.25) is 0 Å². The highest BCUT2D eigenvalue weighted by atomic mass is 32.1. The van der Waals surface area contributed by atoms with E-state index in [4.69, 9.17) is 4.99 Å². The number of nitrogens with zero attached hydrogens (tertiary/aromatic N) is 4. The number of hydrogen-bond acceptors (Lipinski definition) is 5. The van der Waals surface area contributed by atoms with Crippen LogP contribution in [-0.2, 0) is 12.8 Å². The first-order valence-electron chi connectivity index (χ1n) is 11.3. The van der Waals surface area contributed by atoms with Crippen LogP contribution in [0.3, 0.4) is 0 Å². The summed E-state index contributed by atoms with van der Waals surface area (Å²) in [5, 5.41) is 7.99. The molecule has 7 heteroatoms. The molecule has 0 spiro atoms. The topological polar surface area (TPSA) is 55.8 Å². The Morgan fingerprint density at radius 3 is 2.60 bits per heavy atom. The van der Waals surface area contributed by atoms with Gasteiger partial charge in [-0.1, -0.05) is 25.1 Å². The van der Waals surface area contributed by atoms with E-state index in [1.54, 1.807) is 0 Å². The fraction of sp³-hybridized carbons (Fsp3) is 0.565. The highest BCUT2D eigenvalue weighted by Crippen LogP contribution is 2.15. The van der Waals surface area contributed by atoms with Crippen molar-refractivity contribution in [3.63, 3.8) is 0 Å². The van der Waals surface area contributed by atoms with Gasteiger partial charge in [0.2, 0.25) is 0 Å². The van der Waals surface area contributed by atoms with Gasteiger partial charge in [-0.05, 0) is 31.9 Å². The Balaban J connectivity index is 1.33. The molecule has 1 aliphatic heterocycles. The maximum atomic E-state index is 4.75. The number of aromatic nitrogens is 1. The van der Waals surface area contributed by atoms with E-state index >= 15 is 0 Å². The SMILES string of the molecule is CCNC(=NCCCN1CCN(c2ccccc2)CC1)NCCc1ncc(CC)s1. The zero-order valence-electron chi connectivity index (χ0n) is 18.4. The molecular weight excluding hydrogens is 392 g/mol. The third-order valence-electron chi connectivity index (χ3n) is 5.32. The summed E-state index contributed by atoms with van der Waals surface area (Å²) < 4.78 is 0. The van der Waals surface area contributed by atoms with Gasteiger partial charge in [0.1, 0.15) is 0 Å². The average molecular weight is 429 g/mol. The number of anilines is 1. The molecular formula is C23H36N6S. The van der Waals surface area contributed by atoms with Gasteiger partial charge in [0.05, 0.1) is 5.01 Å². The van der Waals surface area contributed by atoms with Crippen LogP contribution in [0, 0.1) is 0 Å². The molecule has 1 aromatic carbocycles. The van der Waals surface area contributed by atoms with E-state index in [9.17, 15) is 0 Å². The second kappa shape index (κ2) is 12.5. The molecule has 0 radical (unpaired) electrons. The van der Waals surface area contributed by atoms with Crippen molar-refractivity contribution < 1.29 is 0 Å². The molecule has 2 N–H and O–H groups in total. The molecule has 0 bridgehead atoms. The predicted molar refractivity (Wildman–Crippen MR) is 129 cm³/mol. The summed E-state index contributed by atoms with van der Waals surface area (Å²) in [6.07, 6.45) is 5.10. The van der Waals surface area contributed by atoms with E-state index in [0.29, 0.717) is 0 Å². The number of para-hydroxylation sites is 1. The van der Waals surface area contributed by atoms with E-state index in [1.165, 1.54) is 15.6 Å². The Morgan fingerprint density at radius 2 is 1.90 bits per heavy atom. The van der Waals surface area contributed by atoms with Crippen molar-refractivity contribution in [1.29, 1.82) is 0 Å². The molecule has 1 aromatic heterocycles. The molecule has 0 atom stereocenters. The van der Waals surface area contributed by atoms with Crippen LogP contribution in [0.25, 0.3) is 0 Å². The second-order valence-electron chi connectivity index (χ2n) is 7.53. The third-order valence-corrected chi connectivity index (χ3v) is 6.52. The zero-order chi connectivity index (χ0) is 21.0. The normalized spacial score (nSPS) is 15.4. The number of thiazole rings is 1. The summed E-state index contributed by atoms with van der Waals surface area (Å²) in [4.78, 5) is 15.6. The van der Waals surface area contributed by atoms with Gasteiger partial charge in [-0.15, -0.1) is 11.3 Å². The van der Waals surface area contributed by atoms with Crippen molar-refractivity contribution in [1.82, 2.24) is 20.5 Å². The van der Waals surface area contributed by atoms with Crippen LogP contribution in [-0.4, -0.2) is 68.2 Å². The van der Waals surface area contributed by atoms with Crippen molar-refractivity contribution >= 4 is 23.0 Å². The van der Waals surface area contributed by atoms with Crippen LogP contribution >= 0.6 is 11.3 Å². The van der Waals surface area contributed by atoms with Crippen molar-refractivity contribution in [2.75, 3.05) is 57.3 Å². The largest absolute Gasteiger partial charge is 0.369 e. The van der Waals surface area contributed by atoms with E-state index in [2.05, 4.69) is 69.6 Å². The van der Waals surface area contributed by atoms with E-state index in [0.717, 1.165) is 77.6 Å². The third kappa shape index (κ3) is 7.29. The smallest absolute Gasteiger partial charge is 0.191 e. The maximum absolute atomic E-state index is 4.75. The minimum absolute atomic E-state index is 0.853. The monoisotopic (exact) mass is 428 g/mol. The highest BCUT2D eigenvalue weighted by molar-refractivity contribution is 7.11. The molecule has 164 valence electrons. The number of nitrogens with one attached hydrogen (secondary N) is 2. The number of guanidine groups is 1. The van der Waals surface area contributed by atoms with Crippen molar-refractivity contribution in [3.8, 4) is 0 Å². The minimum atomic E-state index is 0.853. The van der Waals surface area contributed by atoms with Crippen LogP contribution in [0.15, 0.2) is 41.5 Å². The van der Waals surface area contributed by atoms with E-state index in [-0.39, 0.29) is 0 Å².